The lowest BCUT2D eigenvalue weighted by Crippen LogP contribution is -2.43. The summed E-state index contributed by atoms with van der Waals surface area (Å²) in [7, 11) is 0. The summed E-state index contributed by atoms with van der Waals surface area (Å²) in [6, 6.07) is 5.79. The molecule has 2 aliphatic heterocycles. The molecule has 1 saturated heterocycles. The van der Waals surface area contributed by atoms with Crippen LogP contribution in [0.1, 0.15) is 12.8 Å². The summed E-state index contributed by atoms with van der Waals surface area (Å²) in [6.45, 7) is 2.56. The molecule has 4 nitrogen and oxygen atoms in total. The van der Waals surface area contributed by atoms with E-state index in [0.29, 0.717) is 26.4 Å². The van der Waals surface area contributed by atoms with Crippen molar-refractivity contribution >= 4 is 27.5 Å². The molecule has 0 saturated carbocycles. The van der Waals surface area contributed by atoms with Crippen molar-refractivity contribution in [3.8, 4) is 5.75 Å². The van der Waals surface area contributed by atoms with E-state index in [1.807, 2.05) is 23.1 Å². The van der Waals surface area contributed by atoms with Gasteiger partial charge in [0.1, 0.15) is 12.4 Å². The monoisotopic (exact) mass is 325 g/mol. The van der Waals surface area contributed by atoms with E-state index in [0.717, 1.165) is 28.8 Å². The van der Waals surface area contributed by atoms with Crippen LogP contribution in [0.2, 0.25) is 0 Å². The summed E-state index contributed by atoms with van der Waals surface area (Å²) < 4.78 is 11.9. The molecule has 0 N–H and O–H groups in total. The summed E-state index contributed by atoms with van der Waals surface area (Å²) in [5.41, 5.74) is 0.872. The van der Waals surface area contributed by atoms with Gasteiger partial charge in [-0.3, -0.25) is 4.79 Å². The van der Waals surface area contributed by atoms with Gasteiger partial charge in [-0.2, -0.15) is 0 Å². The molecule has 0 atom stereocenters. The highest BCUT2D eigenvalue weighted by atomic mass is 79.9. The Morgan fingerprint density at radius 1 is 1.26 bits per heavy atom. The molecule has 1 fully saturated rings. The third kappa shape index (κ3) is 2.62. The standard InChI is InChI=1S/C14H16BrNO3/c15-11-1-2-13-12(9-11)16(5-8-19-13)14(17)10-3-6-18-7-4-10/h1-2,9-10H,3-8H2. The number of amides is 1. The molecule has 2 heterocycles. The molecule has 0 aromatic heterocycles. The fraction of sp³-hybridized carbons (Fsp3) is 0.500. The Hall–Kier alpha value is -1.07. The van der Waals surface area contributed by atoms with Crippen LogP contribution in [0.3, 0.4) is 0 Å². The van der Waals surface area contributed by atoms with E-state index < -0.39 is 0 Å². The van der Waals surface area contributed by atoms with Gasteiger partial charge in [0.05, 0.1) is 12.2 Å². The molecule has 0 unspecified atom stereocenters. The van der Waals surface area contributed by atoms with Crippen LogP contribution in [-0.2, 0) is 9.53 Å². The maximum absolute atomic E-state index is 12.6. The van der Waals surface area contributed by atoms with Crippen molar-refractivity contribution in [2.24, 2.45) is 5.92 Å². The first-order chi connectivity index (χ1) is 9.25. The van der Waals surface area contributed by atoms with Crippen LogP contribution in [0.15, 0.2) is 22.7 Å². The summed E-state index contributed by atoms with van der Waals surface area (Å²) in [5, 5.41) is 0. The second-order valence-electron chi connectivity index (χ2n) is 4.84. The Kier molecular flexibility index (Phi) is 3.75. The Morgan fingerprint density at radius 3 is 2.84 bits per heavy atom. The van der Waals surface area contributed by atoms with E-state index in [4.69, 9.17) is 9.47 Å². The Balaban J connectivity index is 1.86. The SMILES string of the molecule is O=C(C1CCOCC1)N1CCOc2ccc(Br)cc21. The number of halogens is 1. The van der Waals surface area contributed by atoms with Crippen molar-refractivity contribution in [1.29, 1.82) is 0 Å². The average Bonchev–Trinajstić information content (AvgIpc) is 2.47. The van der Waals surface area contributed by atoms with Crippen molar-refractivity contribution in [3.63, 3.8) is 0 Å². The zero-order valence-electron chi connectivity index (χ0n) is 10.6. The zero-order chi connectivity index (χ0) is 13.2. The molecular formula is C14H16BrNO3. The molecule has 0 aliphatic carbocycles. The molecule has 2 aliphatic rings. The van der Waals surface area contributed by atoms with Gasteiger partial charge < -0.3 is 14.4 Å². The average molecular weight is 326 g/mol. The lowest BCUT2D eigenvalue weighted by molar-refractivity contribution is -0.125. The fourth-order valence-corrected chi connectivity index (χ4v) is 2.93. The lowest BCUT2D eigenvalue weighted by atomic mass is 9.98. The summed E-state index contributed by atoms with van der Waals surface area (Å²) in [5.74, 6) is 1.07. The molecule has 1 aromatic carbocycles. The van der Waals surface area contributed by atoms with Gasteiger partial charge in [0.2, 0.25) is 5.91 Å². The highest BCUT2D eigenvalue weighted by molar-refractivity contribution is 9.10. The minimum atomic E-state index is 0.0821. The molecule has 102 valence electrons. The molecule has 1 amide bonds. The zero-order valence-corrected chi connectivity index (χ0v) is 12.2. The van der Waals surface area contributed by atoms with E-state index in [-0.39, 0.29) is 11.8 Å². The molecule has 0 spiro atoms. The minimum absolute atomic E-state index is 0.0821. The van der Waals surface area contributed by atoms with Crippen LogP contribution in [0.25, 0.3) is 0 Å². The third-order valence-corrected chi connectivity index (χ3v) is 4.11. The van der Waals surface area contributed by atoms with Gasteiger partial charge in [0.25, 0.3) is 0 Å². The second kappa shape index (κ2) is 5.51. The van der Waals surface area contributed by atoms with Crippen molar-refractivity contribution in [3.05, 3.63) is 22.7 Å². The fourth-order valence-electron chi connectivity index (χ4n) is 2.58. The van der Waals surface area contributed by atoms with Gasteiger partial charge in [-0.1, -0.05) is 15.9 Å². The van der Waals surface area contributed by atoms with Gasteiger partial charge in [0, 0.05) is 23.6 Å². The lowest BCUT2D eigenvalue weighted by Gasteiger charge is -2.33. The van der Waals surface area contributed by atoms with Gasteiger partial charge in [-0.15, -0.1) is 0 Å². The predicted molar refractivity (Wildman–Crippen MR) is 75.5 cm³/mol. The van der Waals surface area contributed by atoms with Gasteiger partial charge in [-0.25, -0.2) is 0 Å². The van der Waals surface area contributed by atoms with Crippen molar-refractivity contribution < 1.29 is 14.3 Å². The highest BCUT2D eigenvalue weighted by Gasteiger charge is 2.30. The number of rotatable bonds is 1. The molecule has 3 rings (SSSR count). The first kappa shape index (κ1) is 12.9. The molecule has 19 heavy (non-hydrogen) atoms. The number of hydrogen-bond acceptors (Lipinski definition) is 3. The number of benzene rings is 1. The quantitative estimate of drug-likeness (QED) is 0.796. The molecular weight excluding hydrogens is 310 g/mol. The van der Waals surface area contributed by atoms with Crippen molar-refractivity contribution in [2.45, 2.75) is 12.8 Å². The van der Waals surface area contributed by atoms with Gasteiger partial charge in [0.15, 0.2) is 0 Å². The van der Waals surface area contributed by atoms with E-state index in [1.54, 1.807) is 0 Å². The third-order valence-electron chi connectivity index (χ3n) is 3.62. The topological polar surface area (TPSA) is 38.8 Å². The Bertz CT molecular complexity index is 486. The van der Waals surface area contributed by atoms with Gasteiger partial charge >= 0.3 is 0 Å². The highest BCUT2D eigenvalue weighted by Crippen LogP contribution is 2.35. The maximum atomic E-state index is 12.6. The number of anilines is 1. The normalized spacial score (nSPS) is 19.7. The van der Waals surface area contributed by atoms with Crippen LogP contribution in [0.4, 0.5) is 5.69 Å². The van der Waals surface area contributed by atoms with E-state index in [2.05, 4.69) is 15.9 Å². The van der Waals surface area contributed by atoms with Crippen LogP contribution in [0.5, 0.6) is 5.75 Å². The second-order valence-corrected chi connectivity index (χ2v) is 5.75. The summed E-state index contributed by atoms with van der Waals surface area (Å²) >= 11 is 3.45. The molecule has 0 radical (unpaired) electrons. The molecule has 5 heteroatoms. The summed E-state index contributed by atoms with van der Waals surface area (Å²) in [6.07, 6.45) is 1.64. The van der Waals surface area contributed by atoms with Crippen molar-refractivity contribution in [1.82, 2.24) is 0 Å². The summed E-state index contributed by atoms with van der Waals surface area (Å²) in [4.78, 5) is 14.5. The van der Waals surface area contributed by atoms with Crippen LogP contribution in [-0.4, -0.2) is 32.3 Å². The largest absolute Gasteiger partial charge is 0.490 e. The van der Waals surface area contributed by atoms with Gasteiger partial charge in [-0.05, 0) is 31.0 Å². The number of hydrogen-bond donors (Lipinski definition) is 0. The Labute approximate surface area is 120 Å². The van der Waals surface area contributed by atoms with E-state index in [9.17, 15) is 4.79 Å². The van der Waals surface area contributed by atoms with Crippen molar-refractivity contribution in [2.75, 3.05) is 31.3 Å². The Morgan fingerprint density at radius 2 is 2.05 bits per heavy atom. The number of nitrogens with zero attached hydrogens (tertiary/aromatic N) is 1. The van der Waals surface area contributed by atoms with Crippen LogP contribution in [0, 0.1) is 5.92 Å². The number of ether oxygens (including phenoxy) is 2. The first-order valence-electron chi connectivity index (χ1n) is 6.57. The van der Waals surface area contributed by atoms with Crippen LogP contribution < -0.4 is 9.64 Å². The maximum Gasteiger partial charge on any atom is 0.230 e. The van der Waals surface area contributed by atoms with Crippen LogP contribution >= 0.6 is 15.9 Å². The number of carbonyl (C=O) groups excluding carboxylic acids is 1. The number of carbonyl (C=O) groups is 1. The first-order valence-corrected chi connectivity index (χ1v) is 7.36. The predicted octanol–water partition coefficient (Wildman–Crippen LogP) is 2.60. The minimum Gasteiger partial charge on any atom is -0.490 e. The molecule has 0 bridgehead atoms. The van der Waals surface area contributed by atoms with E-state index >= 15 is 0 Å². The molecule has 1 aromatic rings. The smallest absolute Gasteiger partial charge is 0.230 e. The number of fused-ring (bicyclic) bond motifs is 1. The van der Waals surface area contributed by atoms with E-state index in [1.165, 1.54) is 0 Å².